The Morgan fingerprint density at radius 3 is 2.84 bits per heavy atom. The van der Waals surface area contributed by atoms with Crippen molar-refractivity contribution in [2.45, 2.75) is 13.0 Å². The number of aliphatic hydroxyl groups is 1. The van der Waals surface area contributed by atoms with Gasteiger partial charge in [0.05, 0.1) is 17.6 Å². The highest BCUT2D eigenvalue weighted by molar-refractivity contribution is 5.99. The SMILES string of the molecule is COCC(O)CNC(=O)c1c(C)cccc1[N+](=O)[O-]. The number of carbonyl (C=O) groups excluding carboxylic acids is 1. The normalized spacial score (nSPS) is 11.9. The summed E-state index contributed by atoms with van der Waals surface area (Å²) in [4.78, 5) is 22.2. The zero-order valence-corrected chi connectivity index (χ0v) is 10.8. The van der Waals surface area contributed by atoms with Gasteiger partial charge in [-0.15, -0.1) is 0 Å². The number of amides is 1. The first-order valence-corrected chi connectivity index (χ1v) is 5.66. The highest BCUT2D eigenvalue weighted by Crippen LogP contribution is 2.21. The molecule has 104 valence electrons. The Hall–Kier alpha value is -1.99. The Balaban J connectivity index is 2.85. The monoisotopic (exact) mass is 268 g/mol. The largest absolute Gasteiger partial charge is 0.389 e. The Morgan fingerprint density at radius 1 is 1.58 bits per heavy atom. The first-order chi connectivity index (χ1) is 8.97. The lowest BCUT2D eigenvalue weighted by Crippen LogP contribution is -2.35. The maximum absolute atomic E-state index is 11.9. The van der Waals surface area contributed by atoms with Gasteiger partial charge in [0.2, 0.25) is 0 Å². The van der Waals surface area contributed by atoms with Crippen molar-refractivity contribution in [3.8, 4) is 0 Å². The number of nitrogens with one attached hydrogen (secondary N) is 1. The number of aliphatic hydroxyl groups excluding tert-OH is 1. The fraction of sp³-hybridized carbons (Fsp3) is 0.417. The Labute approximate surface area is 110 Å². The molecule has 0 spiro atoms. The standard InChI is InChI=1S/C12H16N2O5/c1-8-4-3-5-10(14(17)18)11(8)12(16)13-6-9(15)7-19-2/h3-5,9,15H,6-7H2,1-2H3,(H,13,16). The summed E-state index contributed by atoms with van der Waals surface area (Å²) in [5.41, 5.74) is 0.267. The van der Waals surface area contributed by atoms with Gasteiger partial charge in [0.1, 0.15) is 5.56 Å². The van der Waals surface area contributed by atoms with Crippen LogP contribution in [-0.2, 0) is 4.74 Å². The van der Waals surface area contributed by atoms with E-state index < -0.39 is 16.9 Å². The molecule has 2 N–H and O–H groups in total. The number of rotatable bonds is 6. The van der Waals surface area contributed by atoms with Crippen molar-refractivity contribution < 1.29 is 19.6 Å². The van der Waals surface area contributed by atoms with Gasteiger partial charge in [0, 0.05) is 19.7 Å². The van der Waals surface area contributed by atoms with Gasteiger partial charge in [0.15, 0.2) is 0 Å². The second-order valence-corrected chi connectivity index (χ2v) is 4.05. The van der Waals surface area contributed by atoms with E-state index >= 15 is 0 Å². The van der Waals surface area contributed by atoms with E-state index in [0.717, 1.165) is 0 Å². The molecule has 0 fully saturated rings. The van der Waals surface area contributed by atoms with E-state index in [1.165, 1.54) is 19.2 Å². The van der Waals surface area contributed by atoms with Crippen molar-refractivity contribution >= 4 is 11.6 Å². The second kappa shape index (κ2) is 6.81. The second-order valence-electron chi connectivity index (χ2n) is 4.05. The van der Waals surface area contributed by atoms with Crippen molar-refractivity contribution in [2.75, 3.05) is 20.3 Å². The molecular weight excluding hydrogens is 252 g/mol. The minimum atomic E-state index is -0.850. The maximum atomic E-state index is 11.9. The van der Waals surface area contributed by atoms with Gasteiger partial charge in [-0.25, -0.2) is 0 Å². The molecule has 1 atom stereocenters. The number of methoxy groups -OCH3 is 1. The summed E-state index contributed by atoms with van der Waals surface area (Å²) in [6.07, 6.45) is -0.850. The average molecular weight is 268 g/mol. The van der Waals surface area contributed by atoms with E-state index in [1.807, 2.05) is 0 Å². The van der Waals surface area contributed by atoms with Crippen molar-refractivity contribution in [3.63, 3.8) is 0 Å². The van der Waals surface area contributed by atoms with Crippen LogP contribution in [0, 0.1) is 17.0 Å². The summed E-state index contributed by atoms with van der Waals surface area (Å²) >= 11 is 0. The van der Waals surface area contributed by atoms with Crippen molar-refractivity contribution in [1.82, 2.24) is 5.32 Å². The number of hydrogen-bond acceptors (Lipinski definition) is 5. The molecule has 7 heteroatoms. The third-order valence-corrected chi connectivity index (χ3v) is 2.53. The number of ether oxygens (including phenoxy) is 1. The molecule has 0 aliphatic heterocycles. The van der Waals surface area contributed by atoms with E-state index in [4.69, 9.17) is 4.74 Å². The molecule has 0 aliphatic carbocycles. The molecule has 0 aromatic heterocycles. The van der Waals surface area contributed by atoms with Crippen LogP contribution in [0.15, 0.2) is 18.2 Å². The fourth-order valence-corrected chi connectivity index (χ4v) is 1.65. The lowest BCUT2D eigenvalue weighted by Gasteiger charge is -2.12. The molecule has 0 saturated heterocycles. The van der Waals surface area contributed by atoms with Gasteiger partial charge >= 0.3 is 0 Å². The molecule has 0 radical (unpaired) electrons. The van der Waals surface area contributed by atoms with Crippen LogP contribution < -0.4 is 5.32 Å². The van der Waals surface area contributed by atoms with Gasteiger partial charge in [-0.3, -0.25) is 14.9 Å². The van der Waals surface area contributed by atoms with Gasteiger partial charge < -0.3 is 15.2 Å². The predicted octanol–water partition coefficient (Wildman–Crippen LogP) is 0.640. The molecule has 0 saturated carbocycles. The number of carbonyl (C=O) groups is 1. The average Bonchev–Trinajstić information content (AvgIpc) is 2.36. The number of hydrogen-bond donors (Lipinski definition) is 2. The van der Waals surface area contributed by atoms with E-state index in [-0.39, 0.29) is 24.4 Å². The van der Waals surface area contributed by atoms with Gasteiger partial charge in [-0.05, 0) is 12.5 Å². The number of aryl methyl sites for hydroxylation is 1. The van der Waals surface area contributed by atoms with Crippen LogP contribution in [0.2, 0.25) is 0 Å². The van der Waals surface area contributed by atoms with Gasteiger partial charge in [0.25, 0.3) is 11.6 Å². The van der Waals surface area contributed by atoms with E-state index in [2.05, 4.69) is 5.32 Å². The summed E-state index contributed by atoms with van der Waals surface area (Å²) in [5.74, 6) is -0.583. The molecule has 0 bridgehead atoms. The third-order valence-electron chi connectivity index (χ3n) is 2.53. The Morgan fingerprint density at radius 2 is 2.26 bits per heavy atom. The van der Waals surface area contributed by atoms with Crippen molar-refractivity contribution in [3.05, 3.63) is 39.4 Å². The number of nitro benzene ring substituents is 1. The van der Waals surface area contributed by atoms with E-state index in [9.17, 15) is 20.0 Å². The minimum absolute atomic E-state index is 0.0112. The van der Waals surface area contributed by atoms with Crippen LogP contribution in [0.5, 0.6) is 0 Å². The van der Waals surface area contributed by atoms with Crippen molar-refractivity contribution in [2.24, 2.45) is 0 Å². The van der Waals surface area contributed by atoms with Crippen LogP contribution in [0.4, 0.5) is 5.69 Å². The minimum Gasteiger partial charge on any atom is -0.389 e. The molecule has 1 unspecified atom stereocenters. The molecular formula is C12H16N2O5. The fourth-order valence-electron chi connectivity index (χ4n) is 1.65. The molecule has 1 rings (SSSR count). The summed E-state index contributed by atoms with van der Waals surface area (Å²) < 4.78 is 4.72. The topological polar surface area (TPSA) is 102 Å². The molecule has 19 heavy (non-hydrogen) atoms. The van der Waals surface area contributed by atoms with Crippen LogP contribution >= 0.6 is 0 Å². The summed E-state index contributed by atoms with van der Waals surface area (Å²) in [5, 5.41) is 22.7. The van der Waals surface area contributed by atoms with E-state index in [0.29, 0.717) is 5.56 Å². The third kappa shape index (κ3) is 4.01. The van der Waals surface area contributed by atoms with Crippen LogP contribution in [-0.4, -0.2) is 42.3 Å². The molecule has 0 aliphatic rings. The smallest absolute Gasteiger partial charge is 0.282 e. The highest BCUT2D eigenvalue weighted by atomic mass is 16.6. The zero-order chi connectivity index (χ0) is 14.4. The number of nitro groups is 1. The molecule has 1 aromatic carbocycles. The summed E-state index contributed by atoms with van der Waals surface area (Å²) in [7, 11) is 1.43. The zero-order valence-electron chi connectivity index (χ0n) is 10.8. The summed E-state index contributed by atoms with van der Waals surface area (Å²) in [6.45, 7) is 1.67. The predicted molar refractivity (Wildman–Crippen MR) is 68.0 cm³/mol. The number of nitrogens with zero attached hydrogens (tertiary/aromatic N) is 1. The Kier molecular flexibility index (Phi) is 5.40. The first-order valence-electron chi connectivity index (χ1n) is 5.66. The number of benzene rings is 1. The lowest BCUT2D eigenvalue weighted by molar-refractivity contribution is -0.385. The lowest BCUT2D eigenvalue weighted by atomic mass is 10.1. The highest BCUT2D eigenvalue weighted by Gasteiger charge is 2.22. The molecule has 1 amide bonds. The molecule has 7 nitrogen and oxygen atoms in total. The van der Waals surface area contributed by atoms with Gasteiger partial charge in [-0.1, -0.05) is 12.1 Å². The van der Waals surface area contributed by atoms with Crippen LogP contribution in [0.25, 0.3) is 0 Å². The quantitative estimate of drug-likeness (QED) is 0.582. The van der Waals surface area contributed by atoms with Crippen LogP contribution in [0.3, 0.4) is 0 Å². The van der Waals surface area contributed by atoms with Gasteiger partial charge in [-0.2, -0.15) is 0 Å². The van der Waals surface area contributed by atoms with Crippen molar-refractivity contribution in [1.29, 1.82) is 0 Å². The first kappa shape index (κ1) is 15.1. The summed E-state index contributed by atoms with van der Waals surface area (Å²) in [6, 6.07) is 4.41. The molecule has 0 heterocycles. The maximum Gasteiger partial charge on any atom is 0.282 e. The Bertz CT molecular complexity index is 475. The molecule has 1 aromatic rings. The van der Waals surface area contributed by atoms with E-state index in [1.54, 1.807) is 13.0 Å². The van der Waals surface area contributed by atoms with Crippen LogP contribution in [0.1, 0.15) is 15.9 Å².